The molecule has 0 bridgehead atoms. The third-order valence-electron chi connectivity index (χ3n) is 1.07. The molecule has 0 unspecified atom stereocenters. The molecule has 9 nitrogen and oxygen atoms in total. The molecule has 0 aromatic heterocycles. The Balaban J connectivity index is 3.77. The second kappa shape index (κ2) is 5.83. The number of carbonyl (C=O) groups excluding carboxylic acids is 1. The van der Waals surface area contributed by atoms with Gasteiger partial charge in [0.1, 0.15) is 6.29 Å². The van der Waals surface area contributed by atoms with Crippen LogP contribution in [0.5, 0.6) is 0 Å². The number of nitro groups is 2. The monoisotopic (exact) mass is 192 g/mol. The summed E-state index contributed by atoms with van der Waals surface area (Å²) in [5.74, 6) is 0. The Morgan fingerprint density at radius 1 is 1.31 bits per heavy atom. The third kappa shape index (κ3) is 4.63. The Labute approximate surface area is 72.6 Å². The molecule has 0 saturated heterocycles. The molecule has 0 aliphatic heterocycles. The van der Waals surface area contributed by atoms with Gasteiger partial charge in [0, 0.05) is 13.0 Å². The molecular formula is C4H8N4O5. The zero-order chi connectivity index (χ0) is 10.3. The summed E-state index contributed by atoms with van der Waals surface area (Å²) in [5.41, 5.74) is 0. The van der Waals surface area contributed by atoms with Gasteiger partial charge in [0.05, 0.1) is 0 Å². The molecule has 9 heteroatoms. The molecule has 1 N–H and O–H groups in total. The first-order valence-electron chi connectivity index (χ1n) is 3.30. The van der Waals surface area contributed by atoms with Crippen LogP contribution in [0.1, 0.15) is 6.42 Å². The Morgan fingerprint density at radius 2 is 1.85 bits per heavy atom. The molecule has 0 fully saturated rings. The number of aldehydes is 1. The van der Waals surface area contributed by atoms with Gasteiger partial charge >= 0.3 is 0 Å². The highest BCUT2D eigenvalue weighted by Gasteiger charge is 2.25. The molecule has 0 amide bonds. The van der Waals surface area contributed by atoms with Crippen molar-refractivity contribution < 1.29 is 14.9 Å². The van der Waals surface area contributed by atoms with Crippen molar-refractivity contribution in [2.45, 2.75) is 6.42 Å². The Hall–Kier alpha value is -1.77. The fourth-order valence-corrected chi connectivity index (χ4v) is 0.515. The SMILES string of the molecule is O=CCCNCN([N+](=O)[O-])[N+](=O)[O-]. The van der Waals surface area contributed by atoms with E-state index in [9.17, 15) is 25.0 Å². The van der Waals surface area contributed by atoms with E-state index in [-0.39, 0.29) is 18.1 Å². The zero-order valence-corrected chi connectivity index (χ0v) is 6.58. The average Bonchev–Trinajstić information content (AvgIpc) is 2.02. The van der Waals surface area contributed by atoms with Crippen molar-refractivity contribution in [2.75, 3.05) is 13.2 Å². The summed E-state index contributed by atoms with van der Waals surface area (Å²) >= 11 is 0. The number of nitrogens with one attached hydrogen (secondary N) is 1. The van der Waals surface area contributed by atoms with Crippen LogP contribution in [0.2, 0.25) is 0 Å². The Morgan fingerprint density at radius 3 is 2.23 bits per heavy atom. The van der Waals surface area contributed by atoms with Crippen molar-refractivity contribution in [1.82, 2.24) is 10.4 Å². The quantitative estimate of drug-likeness (QED) is 0.177. The molecule has 13 heavy (non-hydrogen) atoms. The average molecular weight is 192 g/mol. The minimum Gasteiger partial charge on any atom is -0.303 e. The standard InChI is InChI=1S/C4H8N4O5/c9-3-1-2-5-4-6(7(10)11)8(12)13/h3,5H,1-2,4H2. The van der Waals surface area contributed by atoms with Crippen LogP contribution in [0.3, 0.4) is 0 Å². The van der Waals surface area contributed by atoms with E-state index in [2.05, 4.69) is 5.32 Å². The van der Waals surface area contributed by atoms with E-state index in [4.69, 9.17) is 0 Å². The molecule has 0 aromatic rings. The predicted octanol–water partition coefficient (Wildman–Crippen LogP) is -1.19. The normalized spacial score (nSPS) is 9.23. The number of hydrazine groups is 2. The molecule has 0 aliphatic carbocycles. The summed E-state index contributed by atoms with van der Waals surface area (Å²) in [7, 11) is 0. The van der Waals surface area contributed by atoms with Gasteiger partial charge in [-0.2, -0.15) is 0 Å². The number of hydrogen-bond acceptors (Lipinski definition) is 6. The summed E-state index contributed by atoms with van der Waals surface area (Å²) in [5, 5.41) is 19.8. The maximum absolute atomic E-state index is 9.98. The molecule has 0 rings (SSSR count). The molecule has 0 heterocycles. The smallest absolute Gasteiger partial charge is 0.224 e. The first-order chi connectivity index (χ1) is 6.09. The van der Waals surface area contributed by atoms with Gasteiger partial charge in [-0.1, -0.05) is 0 Å². The van der Waals surface area contributed by atoms with Gasteiger partial charge in [0.2, 0.25) is 16.7 Å². The van der Waals surface area contributed by atoms with E-state index in [1.807, 2.05) is 0 Å². The van der Waals surface area contributed by atoms with Gasteiger partial charge < -0.3 is 4.79 Å². The maximum Gasteiger partial charge on any atom is 0.224 e. The van der Waals surface area contributed by atoms with Crippen LogP contribution in [0.15, 0.2) is 0 Å². The fraction of sp³-hybridized carbons (Fsp3) is 0.750. The molecule has 0 aromatic carbocycles. The van der Waals surface area contributed by atoms with Gasteiger partial charge in [-0.25, -0.2) is 20.2 Å². The minimum atomic E-state index is -1.14. The summed E-state index contributed by atoms with van der Waals surface area (Å²) in [6.45, 7) is -0.366. The summed E-state index contributed by atoms with van der Waals surface area (Å²) < 4.78 is 0. The summed E-state index contributed by atoms with van der Waals surface area (Å²) in [6.07, 6.45) is 0.763. The van der Waals surface area contributed by atoms with E-state index in [1.54, 1.807) is 0 Å². The lowest BCUT2D eigenvalue weighted by molar-refractivity contribution is -0.908. The van der Waals surface area contributed by atoms with Crippen molar-refractivity contribution in [3.8, 4) is 0 Å². The van der Waals surface area contributed by atoms with Crippen molar-refractivity contribution >= 4 is 6.29 Å². The molecule has 0 radical (unpaired) electrons. The van der Waals surface area contributed by atoms with Crippen LogP contribution in [-0.4, -0.2) is 34.7 Å². The van der Waals surface area contributed by atoms with Gasteiger partial charge in [-0.15, -0.1) is 0 Å². The number of nitrogens with zero attached hydrogens (tertiary/aromatic N) is 3. The highest BCUT2D eigenvalue weighted by atomic mass is 16.8. The predicted molar refractivity (Wildman–Crippen MR) is 39.4 cm³/mol. The minimum absolute atomic E-state index is 0.156. The lowest BCUT2D eigenvalue weighted by Crippen LogP contribution is -2.42. The van der Waals surface area contributed by atoms with E-state index in [0.717, 1.165) is 0 Å². The van der Waals surface area contributed by atoms with Gasteiger partial charge in [0.15, 0.2) is 5.12 Å². The molecule has 74 valence electrons. The highest BCUT2D eigenvalue weighted by molar-refractivity contribution is 5.49. The number of rotatable bonds is 7. The van der Waals surface area contributed by atoms with E-state index >= 15 is 0 Å². The molecular weight excluding hydrogens is 184 g/mol. The third-order valence-corrected chi connectivity index (χ3v) is 1.07. The maximum atomic E-state index is 9.98. The van der Waals surface area contributed by atoms with Crippen molar-refractivity contribution in [3.05, 3.63) is 20.2 Å². The van der Waals surface area contributed by atoms with Crippen molar-refractivity contribution in [3.63, 3.8) is 0 Å². The van der Waals surface area contributed by atoms with Crippen LogP contribution < -0.4 is 5.32 Å². The molecule has 0 aliphatic rings. The molecule has 0 spiro atoms. The number of carbonyl (C=O) groups is 1. The van der Waals surface area contributed by atoms with E-state index < -0.39 is 16.7 Å². The van der Waals surface area contributed by atoms with Crippen LogP contribution in [0.4, 0.5) is 0 Å². The van der Waals surface area contributed by atoms with Crippen molar-refractivity contribution in [2.24, 2.45) is 0 Å². The second-order valence-corrected chi connectivity index (χ2v) is 1.96. The van der Waals surface area contributed by atoms with Gasteiger partial charge in [0.25, 0.3) is 0 Å². The van der Waals surface area contributed by atoms with Gasteiger partial charge in [-0.3, -0.25) is 5.32 Å². The second-order valence-electron chi connectivity index (χ2n) is 1.96. The van der Waals surface area contributed by atoms with Crippen LogP contribution >= 0.6 is 0 Å². The van der Waals surface area contributed by atoms with E-state index in [0.29, 0.717) is 6.29 Å². The van der Waals surface area contributed by atoms with Crippen LogP contribution in [0.25, 0.3) is 0 Å². The molecule has 0 atom stereocenters. The fourth-order valence-electron chi connectivity index (χ4n) is 0.515. The first kappa shape index (κ1) is 11.2. The van der Waals surface area contributed by atoms with E-state index in [1.165, 1.54) is 0 Å². The first-order valence-corrected chi connectivity index (χ1v) is 3.30. The number of hydrogen-bond donors (Lipinski definition) is 1. The Bertz CT molecular complexity index is 193. The lowest BCUT2D eigenvalue weighted by Gasteiger charge is -2.03. The van der Waals surface area contributed by atoms with Crippen LogP contribution in [-0.2, 0) is 4.79 Å². The lowest BCUT2D eigenvalue weighted by atomic mass is 10.5. The topological polar surface area (TPSA) is 119 Å². The van der Waals surface area contributed by atoms with Gasteiger partial charge in [-0.05, 0) is 0 Å². The molecule has 0 saturated carbocycles. The summed E-state index contributed by atoms with van der Waals surface area (Å²) in [6, 6.07) is 0. The van der Waals surface area contributed by atoms with Crippen molar-refractivity contribution in [1.29, 1.82) is 0 Å². The van der Waals surface area contributed by atoms with Crippen LogP contribution in [0, 0.1) is 20.2 Å². The summed E-state index contributed by atoms with van der Waals surface area (Å²) in [4.78, 5) is 29.8. The highest BCUT2D eigenvalue weighted by Crippen LogP contribution is 1.85. The zero-order valence-electron chi connectivity index (χ0n) is 6.58. The largest absolute Gasteiger partial charge is 0.303 e. The Kier molecular flexibility index (Phi) is 5.03.